The van der Waals surface area contributed by atoms with Gasteiger partial charge in [0.2, 0.25) is 5.91 Å². The molecule has 1 N–H and O–H groups in total. The number of nitrogens with zero attached hydrogens (tertiary/aromatic N) is 1. The number of benzene rings is 1. The van der Waals surface area contributed by atoms with Crippen LogP contribution in [0.1, 0.15) is 30.6 Å². The van der Waals surface area contributed by atoms with E-state index in [1.807, 2.05) is 0 Å². The lowest BCUT2D eigenvalue weighted by atomic mass is 10.1. The third-order valence-electron chi connectivity index (χ3n) is 2.30. The van der Waals surface area contributed by atoms with Gasteiger partial charge in [-0.1, -0.05) is 6.92 Å². The summed E-state index contributed by atoms with van der Waals surface area (Å²) in [7, 11) is 0. The fourth-order valence-corrected chi connectivity index (χ4v) is 1.37. The highest BCUT2D eigenvalue weighted by Gasteiger charge is 2.19. The van der Waals surface area contributed by atoms with Gasteiger partial charge in [0, 0.05) is 12.5 Å². The maximum Gasteiger partial charge on any atom is 0.338 e. The molecule has 0 unspecified atom stereocenters. The Balaban J connectivity index is 3.11. The summed E-state index contributed by atoms with van der Waals surface area (Å²) in [6.45, 7) is 3.46. The average molecular weight is 266 g/mol. The van der Waals surface area contributed by atoms with Crippen LogP contribution in [0, 0.1) is 10.1 Å². The van der Waals surface area contributed by atoms with Crippen LogP contribution in [0.3, 0.4) is 0 Å². The summed E-state index contributed by atoms with van der Waals surface area (Å²) in [6.07, 6.45) is 0.205. The molecule has 7 heteroatoms. The third-order valence-corrected chi connectivity index (χ3v) is 2.30. The minimum Gasteiger partial charge on any atom is -0.462 e. The summed E-state index contributed by atoms with van der Waals surface area (Å²) in [6, 6.07) is 3.78. The fraction of sp³-hybridized carbons (Fsp3) is 0.333. The van der Waals surface area contributed by atoms with Gasteiger partial charge >= 0.3 is 5.97 Å². The smallest absolute Gasteiger partial charge is 0.338 e. The molecule has 0 fully saturated rings. The lowest BCUT2D eigenvalue weighted by Crippen LogP contribution is -2.12. The lowest BCUT2D eigenvalue weighted by Gasteiger charge is -2.06. The normalized spacial score (nSPS) is 9.79. The van der Waals surface area contributed by atoms with E-state index in [-0.39, 0.29) is 35.9 Å². The molecule has 0 bridgehead atoms. The highest BCUT2D eigenvalue weighted by molar-refractivity contribution is 5.95. The predicted molar refractivity (Wildman–Crippen MR) is 68.0 cm³/mol. The van der Waals surface area contributed by atoms with Gasteiger partial charge in [0.1, 0.15) is 5.69 Å². The number of nitro groups is 1. The first kappa shape index (κ1) is 14.6. The van der Waals surface area contributed by atoms with Crippen LogP contribution >= 0.6 is 0 Å². The molecule has 1 amide bonds. The molecule has 0 aliphatic heterocycles. The first-order valence-corrected chi connectivity index (χ1v) is 5.75. The van der Waals surface area contributed by atoms with Gasteiger partial charge in [-0.15, -0.1) is 0 Å². The Morgan fingerprint density at radius 1 is 1.37 bits per heavy atom. The van der Waals surface area contributed by atoms with Crippen molar-refractivity contribution < 1.29 is 19.2 Å². The van der Waals surface area contributed by atoms with E-state index in [9.17, 15) is 19.7 Å². The Kier molecular flexibility index (Phi) is 4.99. The van der Waals surface area contributed by atoms with Crippen molar-refractivity contribution in [1.29, 1.82) is 0 Å². The zero-order chi connectivity index (χ0) is 14.4. The van der Waals surface area contributed by atoms with E-state index in [0.29, 0.717) is 0 Å². The van der Waals surface area contributed by atoms with Crippen LogP contribution in [0.2, 0.25) is 0 Å². The molecule has 0 aliphatic rings. The predicted octanol–water partition coefficient (Wildman–Crippen LogP) is 2.12. The van der Waals surface area contributed by atoms with Gasteiger partial charge in [0.05, 0.1) is 17.1 Å². The van der Waals surface area contributed by atoms with Crippen LogP contribution in [0.15, 0.2) is 18.2 Å². The number of carbonyl (C=O) groups excluding carboxylic acids is 2. The number of rotatable bonds is 5. The van der Waals surface area contributed by atoms with Gasteiger partial charge in [-0.2, -0.15) is 0 Å². The number of nitrogens with one attached hydrogen (secondary N) is 1. The molecule has 0 radical (unpaired) electrons. The Morgan fingerprint density at radius 3 is 2.58 bits per heavy atom. The van der Waals surface area contributed by atoms with Crippen LogP contribution in [0.25, 0.3) is 0 Å². The molecule has 0 aromatic heterocycles. The molecule has 0 aliphatic carbocycles. The molecule has 1 aromatic carbocycles. The van der Waals surface area contributed by atoms with Crippen LogP contribution < -0.4 is 5.32 Å². The second kappa shape index (κ2) is 6.48. The van der Waals surface area contributed by atoms with Gasteiger partial charge in [0.25, 0.3) is 5.69 Å². The first-order valence-electron chi connectivity index (χ1n) is 5.75. The Morgan fingerprint density at radius 2 is 2.05 bits per heavy atom. The van der Waals surface area contributed by atoms with Crippen molar-refractivity contribution in [3.05, 3.63) is 33.9 Å². The number of carbonyl (C=O) groups is 2. The van der Waals surface area contributed by atoms with Crippen molar-refractivity contribution in [2.24, 2.45) is 0 Å². The Hall–Kier alpha value is -2.44. The van der Waals surface area contributed by atoms with E-state index in [4.69, 9.17) is 4.74 Å². The largest absolute Gasteiger partial charge is 0.462 e. The highest BCUT2D eigenvalue weighted by Crippen LogP contribution is 2.26. The number of esters is 1. The van der Waals surface area contributed by atoms with Crippen molar-refractivity contribution >= 4 is 23.3 Å². The number of nitro benzene ring substituents is 1. The second-order valence-electron chi connectivity index (χ2n) is 3.61. The number of amides is 1. The molecule has 19 heavy (non-hydrogen) atoms. The van der Waals surface area contributed by atoms with Crippen molar-refractivity contribution in [1.82, 2.24) is 0 Å². The molecule has 0 spiro atoms. The van der Waals surface area contributed by atoms with Gasteiger partial charge in [-0.25, -0.2) is 4.79 Å². The van der Waals surface area contributed by atoms with Crippen LogP contribution in [-0.2, 0) is 9.53 Å². The fourth-order valence-electron chi connectivity index (χ4n) is 1.37. The third kappa shape index (κ3) is 3.77. The summed E-state index contributed by atoms with van der Waals surface area (Å²) < 4.78 is 4.76. The highest BCUT2D eigenvalue weighted by atomic mass is 16.6. The van der Waals surface area contributed by atoms with Gasteiger partial charge < -0.3 is 10.1 Å². The monoisotopic (exact) mass is 266 g/mol. The molecular formula is C12H14N2O5. The van der Waals surface area contributed by atoms with E-state index < -0.39 is 10.9 Å². The standard InChI is InChI=1S/C12H14N2O5/c1-3-11(15)13-9-6-5-8(12(16)19-4-2)7-10(9)14(17)18/h5-7H,3-4H2,1-2H3,(H,13,15). The van der Waals surface area contributed by atoms with Gasteiger partial charge in [-0.05, 0) is 19.1 Å². The summed E-state index contributed by atoms with van der Waals surface area (Å²) in [4.78, 5) is 33.0. The quantitative estimate of drug-likeness (QED) is 0.500. The molecule has 102 valence electrons. The lowest BCUT2D eigenvalue weighted by molar-refractivity contribution is -0.384. The Bertz CT molecular complexity index is 513. The van der Waals surface area contributed by atoms with Gasteiger partial charge in [-0.3, -0.25) is 14.9 Å². The van der Waals surface area contributed by atoms with Crippen molar-refractivity contribution in [3.63, 3.8) is 0 Å². The first-order chi connectivity index (χ1) is 8.99. The van der Waals surface area contributed by atoms with Gasteiger partial charge in [0.15, 0.2) is 0 Å². The van der Waals surface area contributed by atoms with Crippen LogP contribution in [0.5, 0.6) is 0 Å². The van der Waals surface area contributed by atoms with Crippen LogP contribution in [-0.4, -0.2) is 23.4 Å². The molecule has 1 aromatic rings. The maximum absolute atomic E-state index is 11.5. The van der Waals surface area contributed by atoms with E-state index >= 15 is 0 Å². The number of anilines is 1. The molecule has 1 rings (SSSR count). The summed E-state index contributed by atoms with van der Waals surface area (Å²) in [5.41, 5.74) is -0.208. The zero-order valence-electron chi connectivity index (χ0n) is 10.6. The van der Waals surface area contributed by atoms with Crippen molar-refractivity contribution in [3.8, 4) is 0 Å². The van der Waals surface area contributed by atoms with E-state index in [1.54, 1.807) is 13.8 Å². The second-order valence-corrected chi connectivity index (χ2v) is 3.61. The number of hydrogen-bond donors (Lipinski definition) is 1. The van der Waals surface area contributed by atoms with E-state index in [1.165, 1.54) is 12.1 Å². The molecule has 0 saturated carbocycles. The minimum atomic E-state index is -0.659. The SMILES string of the molecule is CCOC(=O)c1ccc(NC(=O)CC)c([N+](=O)[O-])c1. The molecule has 7 nitrogen and oxygen atoms in total. The topological polar surface area (TPSA) is 98.5 Å². The van der Waals surface area contributed by atoms with Crippen molar-refractivity contribution in [2.75, 3.05) is 11.9 Å². The van der Waals surface area contributed by atoms with E-state index in [0.717, 1.165) is 6.07 Å². The Labute approximate surface area is 109 Å². The molecule has 0 heterocycles. The number of ether oxygens (including phenoxy) is 1. The number of hydrogen-bond acceptors (Lipinski definition) is 5. The summed E-state index contributed by atoms with van der Waals surface area (Å²) in [5, 5.41) is 13.3. The molecule has 0 saturated heterocycles. The average Bonchev–Trinajstić information content (AvgIpc) is 2.38. The minimum absolute atomic E-state index is 0.0601. The molecule has 0 atom stereocenters. The summed E-state index contributed by atoms with van der Waals surface area (Å²) in [5.74, 6) is -0.981. The molecular weight excluding hydrogens is 252 g/mol. The van der Waals surface area contributed by atoms with Crippen LogP contribution in [0.4, 0.5) is 11.4 Å². The van der Waals surface area contributed by atoms with E-state index in [2.05, 4.69) is 5.32 Å². The zero-order valence-corrected chi connectivity index (χ0v) is 10.6. The summed E-state index contributed by atoms with van der Waals surface area (Å²) >= 11 is 0. The van der Waals surface area contributed by atoms with Crippen molar-refractivity contribution in [2.45, 2.75) is 20.3 Å². The maximum atomic E-state index is 11.5.